The lowest BCUT2D eigenvalue weighted by molar-refractivity contribution is -0.139. The van der Waals surface area contributed by atoms with E-state index in [2.05, 4.69) is 0 Å². The minimum Gasteiger partial charge on any atom is -0.480 e. The SMILES string of the molecule is CC(C=C=O)C(C(=O)O)N(c1ccc(F)cc1)C(C)C. The van der Waals surface area contributed by atoms with Crippen LogP contribution in [0.25, 0.3) is 0 Å². The maximum absolute atomic E-state index is 13.0. The molecule has 108 valence electrons. The van der Waals surface area contributed by atoms with Gasteiger partial charge in [0.2, 0.25) is 0 Å². The van der Waals surface area contributed by atoms with Gasteiger partial charge >= 0.3 is 5.97 Å². The van der Waals surface area contributed by atoms with E-state index in [1.807, 2.05) is 13.8 Å². The fourth-order valence-electron chi connectivity index (χ4n) is 2.19. The van der Waals surface area contributed by atoms with Gasteiger partial charge in [-0.05, 0) is 38.1 Å². The second-order valence-electron chi connectivity index (χ2n) is 4.90. The van der Waals surface area contributed by atoms with Crippen molar-refractivity contribution in [2.75, 3.05) is 4.90 Å². The van der Waals surface area contributed by atoms with Gasteiger partial charge in [0.1, 0.15) is 17.8 Å². The number of carboxylic acid groups (broad SMARTS) is 1. The highest BCUT2D eigenvalue weighted by atomic mass is 19.1. The van der Waals surface area contributed by atoms with Crippen molar-refractivity contribution >= 4 is 17.6 Å². The van der Waals surface area contributed by atoms with Crippen LogP contribution in [0.3, 0.4) is 0 Å². The molecule has 0 aromatic heterocycles. The number of carbonyl (C=O) groups is 1. The van der Waals surface area contributed by atoms with Gasteiger partial charge in [0.05, 0.1) is 0 Å². The van der Waals surface area contributed by atoms with E-state index < -0.39 is 17.9 Å². The summed E-state index contributed by atoms with van der Waals surface area (Å²) in [6, 6.07) is 4.59. The molecule has 0 radical (unpaired) electrons. The molecule has 0 saturated carbocycles. The van der Waals surface area contributed by atoms with Crippen LogP contribution in [0.2, 0.25) is 0 Å². The molecule has 1 N–H and O–H groups in total. The highest BCUT2D eigenvalue weighted by Gasteiger charge is 2.32. The number of hydrogen-bond donors (Lipinski definition) is 1. The van der Waals surface area contributed by atoms with Crippen LogP contribution in [-0.2, 0) is 9.59 Å². The van der Waals surface area contributed by atoms with Crippen LogP contribution >= 0.6 is 0 Å². The van der Waals surface area contributed by atoms with Gasteiger partial charge in [0.15, 0.2) is 0 Å². The van der Waals surface area contributed by atoms with Crippen LogP contribution in [0.4, 0.5) is 10.1 Å². The fourth-order valence-corrected chi connectivity index (χ4v) is 2.19. The quantitative estimate of drug-likeness (QED) is 0.813. The van der Waals surface area contributed by atoms with Crippen LogP contribution in [0.1, 0.15) is 20.8 Å². The number of anilines is 1. The molecule has 1 aromatic carbocycles. The van der Waals surface area contributed by atoms with Crippen LogP contribution in [0.5, 0.6) is 0 Å². The van der Waals surface area contributed by atoms with Gasteiger partial charge in [-0.3, -0.25) is 0 Å². The summed E-state index contributed by atoms with van der Waals surface area (Å²) in [6.07, 6.45) is 1.19. The highest BCUT2D eigenvalue weighted by molar-refractivity contribution is 5.79. The van der Waals surface area contributed by atoms with Crippen LogP contribution < -0.4 is 4.90 Å². The zero-order chi connectivity index (χ0) is 15.3. The summed E-state index contributed by atoms with van der Waals surface area (Å²) in [5, 5.41) is 9.44. The smallest absolute Gasteiger partial charge is 0.326 e. The number of benzene rings is 1. The zero-order valence-corrected chi connectivity index (χ0v) is 11.7. The molecule has 1 aromatic rings. The van der Waals surface area contributed by atoms with E-state index in [1.54, 1.807) is 17.8 Å². The predicted molar refractivity (Wildman–Crippen MR) is 74.9 cm³/mol. The molecule has 0 amide bonds. The predicted octanol–water partition coefficient (Wildman–Crippen LogP) is 2.52. The fraction of sp³-hybridized carbons (Fsp3) is 0.400. The Balaban J connectivity index is 3.24. The third-order valence-corrected chi connectivity index (χ3v) is 3.06. The van der Waals surface area contributed by atoms with Crippen molar-refractivity contribution in [2.45, 2.75) is 32.9 Å². The van der Waals surface area contributed by atoms with Crippen LogP contribution in [0, 0.1) is 11.7 Å². The summed E-state index contributed by atoms with van der Waals surface area (Å²) < 4.78 is 13.0. The molecule has 5 heteroatoms. The highest BCUT2D eigenvalue weighted by Crippen LogP contribution is 2.25. The molecule has 0 bridgehead atoms. The normalized spacial score (nSPS) is 13.4. The number of aliphatic carboxylic acids is 1. The number of carboxylic acids is 1. The average molecular weight is 279 g/mol. The minimum absolute atomic E-state index is 0.121. The Hall–Kier alpha value is -2.13. The van der Waals surface area contributed by atoms with Crippen molar-refractivity contribution in [1.82, 2.24) is 0 Å². The van der Waals surface area contributed by atoms with E-state index in [-0.39, 0.29) is 11.9 Å². The van der Waals surface area contributed by atoms with Crippen molar-refractivity contribution in [3.05, 3.63) is 36.2 Å². The average Bonchev–Trinajstić information content (AvgIpc) is 2.36. The summed E-state index contributed by atoms with van der Waals surface area (Å²) in [7, 11) is 0. The molecule has 0 aliphatic carbocycles. The van der Waals surface area contributed by atoms with Crippen molar-refractivity contribution in [1.29, 1.82) is 0 Å². The summed E-state index contributed by atoms with van der Waals surface area (Å²) in [6.45, 7) is 5.33. The van der Waals surface area contributed by atoms with E-state index in [0.717, 1.165) is 0 Å². The molecule has 0 spiro atoms. The molecule has 20 heavy (non-hydrogen) atoms. The lowest BCUT2D eigenvalue weighted by Crippen LogP contribution is -2.49. The summed E-state index contributed by atoms with van der Waals surface area (Å²) in [5.74, 6) is -0.308. The van der Waals surface area contributed by atoms with Crippen LogP contribution in [-0.4, -0.2) is 29.1 Å². The Bertz CT molecular complexity index is 506. The Labute approximate surface area is 117 Å². The lowest BCUT2D eigenvalue weighted by Gasteiger charge is -2.36. The number of halogens is 1. The maximum Gasteiger partial charge on any atom is 0.326 e. The Kier molecular flexibility index (Phi) is 5.47. The summed E-state index contributed by atoms with van der Waals surface area (Å²) >= 11 is 0. The summed E-state index contributed by atoms with van der Waals surface area (Å²) in [4.78, 5) is 23.7. The van der Waals surface area contributed by atoms with Crippen LogP contribution in [0.15, 0.2) is 30.3 Å². The molecular weight excluding hydrogens is 261 g/mol. The second-order valence-corrected chi connectivity index (χ2v) is 4.90. The van der Waals surface area contributed by atoms with Crippen molar-refractivity contribution < 1.29 is 19.1 Å². The molecular formula is C15H18FNO3. The third kappa shape index (κ3) is 3.68. The van der Waals surface area contributed by atoms with Gasteiger partial charge in [-0.2, -0.15) is 0 Å². The Morgan fingerprint density at radius 2 is 1.85 bits per heavy atom. The Morgan fingerprint density at radius 3 is 2.25 bits per heavy atom. The van der Waals surface area contributed by atoms with E-state index in [1.165, 1.54) is 30.3 Å². The zero-order valence-electron chi connectivity index (χ0n) is 11.7. The lowest BCUT2D eigenvalue weighted by atomic mass is 9.98. The number of nitrogens with zero attached hydrogens (tertiary/aromatic N) is 1. The number of carbonyl (C=O) groups excluding carboxylic acids is 1. The van der Waals surface area contributed by atoms with Gasteiger partial charge in [-0.25, -0.2) is 14.0 Å². The topological polar surface area (TPSA) is 57.6 Å². The maximum atomic E-state index is 13.0. The molecule has 1 rings (SSSR count). The first-order chi connectivity index (χ1) is 9.38. The van der Waals surface area contributed by atoms with Gasteiger partial charge in [-0.1, -0.05) is 6.92 Å². The first-order valence-corrected chi connectivity index (χ1v) is 6.36. The van der Waals surface area contributed by atoms with E-state index in [9.17, 15) is 19.1 Å². The van der Waals surface area contributed by atoms with Gasteiger partial charge in [0, 0.05) is 23.7 Å². The molecule has 2 atom stereocenters. The van der Waals surface area contributed by atoms with Crippen molar-refractivity contribution in [3.63, 3.8) is 0 Å². The molecule has 0 fully saturated rings. The Morgan fingerprint density at radius 1 is 1.30 bits per heavy atom. The second kappa shape index (κ2) is 6.87. The first kappa shape index (κ1) is 15.9. The van der Waals surface area contributed by atoms with Crippen molar-refractivity contribution in [2.24, 2.45) is 5.92 Å². The molecule has 4 nitrogen and oxygen atoms in total. The van der Waals surface area contributed by atoms with E-state index in [0.29, 0.717) is 5.69 Å². The van der Waals surface area contributed by atoms with E-state index in [4.69, 9.17) is 0 Å². The number of hydrogen-bond acceptors (Lipinski definition) is 3. The first-order valence-electron chi connectivity index (χ1n) is 6.36. The van der Waals surface area contributed by atoms with Crippen molar-refractivity contribution in [3.8, 4) is 0 Å². The van der Waals surface area contributed by atoms with Gasteiger partial charge < -0.3 is 10.0 Å². The minimum atomic E-state index is -1.04. The molecule has 0 heterocycles. The monoisotopic (exact) mass is 279 g/mol. The molecule has 0 aliphatic rings. The standard InChI is InChI=1S/C15H18FNO3/c1-10(2)17(13-6-4-12(16)5-7-13)14(15(19)20)11(3)8-9-18/h4-8,10-11,14H,1-3H3,(H,19,20). The largest absolute Gasteiger partial charge is 0.480 e. The molecule has 2 unspecified atom stereocenters. The molecule has 0 saturated heterocycles. The molecule has 0 aliphatic heterocycles. The van der Waals surface area contributed by atoms with Gasteiger partial charge in [0.25, 0.3) is 0 Å². The third-order valence-electron chi connectivity index (χ3n) is 3.06. The van der Waals surface area contributed by atoms with E-state index >= 15 is 0 Å². The number of rotatable bonds is 6. The summed E-state index contributed by atoms with van der Waals surface area (Å²) in [5.41, 5.74) is 0.597. The van der Waals surface area contributed by atoms with Gasteiger partial charge in [-0.15, -0.1) is 0 Å².